The minimum Gasteiger partial charge on any atom is -0.390 e. The van der Waals surface area contributed by atoms with E-state index in [-0.39, 0.29) is 28.9 Å². The maximum atomic E-state index is 12.8. The molecule has 115 valence electrons. The Kier molecular flexibility index (Phi) is 5.52. The predicted molar refractivity (Wildman–Crippen MR) is 74.1 cm³/mol. The van der Waals surface area contributed by atoms with Gasteiger partial charge < -0.3 is 4.84 Å². The number of hydrogen-bond acceptors (Lipinski definition) is 2. The molecule has 0 aliphatic carbocycles. The highest BCUT2D eigenvalue weighted by atomic mass is 19.3. The standard InChI is InChI=1S/C16H12F4NO/c17-15(18)13-7-3-1-5-11(13)9-21-22-10-12-6-2-4-8-14(12)16(19)20/h1-8,15-16H,10H2. The first-order valence-electron chi connectivity index (χ1n) is 6.40. The highest BCUT2D eigenvalue weighted by Crippen LogP contribution is 2.23. The third kappa shape index (κ3) is 4.07. The summed E-state index contributed by atoms with van der Waals surface area (Å²) in [6, 6.07) is 11.6. The van der Waals surface area contributed by atoms with Crippen LogP contribution >= 0.6 is 0 Å². The molecule has 0 spiro atoms. The first-order valence-corrected chi connectivity index (χ1v) is 6.40. The van der Waals surface area contributed by atoms with Gasteiger partial charge in [0.05, 0.1) is 0 Å². The van der Waals surface area contributed by atoms with Gasteiger partial charge in [0.25, 0.3) is 12.9 Å². The average Bonchev–Trinajstić information content (AvgIpc) is 2.52. The molecule has 0 aliphatic heterocycles. The van der Waals surface area contributed by atoms with Crippen LogP contribution in [-0.4, -0.2) is 6.21 Å². The van der Waals surface area contributed by atoms with Gasteiger partial charge in [-0.25, -0.2) is 17.6 Å². The second-order valence-electron chi connectivity index (χ2n) is 4.36. The lowest BCUT2D eigenvalue weighted by atomic mass is 10.1. The Hall–Kier alpha value is -2.37. The number of nitrogens with zero attached hydrogens (tertiary/aromatic N) is 1. The summed E-state index contributed by atoms with van der Waals surface area (Å²) in [4.78, 5) is 4.88. The molecule has 0 saturated heterocycles. The van der Waals surface area contributed by atoms with Crippen LogP contribution in [0.3, 0.4) is 0 Å². The highest BCUT2D eigenvalue weighted by molar-refractivity contribution is 5.81. The Morgan fingerprint density at radius 1 is 0.864 bits per heavy atom. The van der Waals surface area contributed by atoms with Crippen molar-refractivity contribution in [3.8, 4) is 0 Å². The molecule has 0 N–H and O–H groups in total. The summed E-state index contributed by atoms with van der Waals surface area (Å²) in [5, 5.41) is 3.45. The molecule has 0 aliphatic rings. The summed E-state index contributed by atoms with van der Waals surface area (Å²) in [7, 11) is 0. The van der Waals surface area contributed by atoms with Crippen LogP contribution in [0.25, 0.3) is 0 Å². The minimum atomic E-state index is -2.65. The molecular formula is C16H12F4NO. The smallest absolute Gasteiger partial charge is 0.264 e. The Labute approximate surface area is 125 Å². The topological polar surface area (TPSA) is 21.6 Å². The highest BCUT2D eigenvalue weighted by Gasteiger charge is 2.13. The molecule has 0 fully saturated rings. The summed E-state index contributed by atoms with van der Waals surface area (Å²) in [5.74, 6) is 0. The van der Waals surface area contributed by atoms with Gasteiger partial charge in [-0.15, -0.1) is 0 Å². The molecule has 0 amide bonds. The van der Waals surface area contributed by atoms with Crippen LogP contribution < -0.4 is 0 Å². The maximum absolute atomic E-state index is 12.8. The molecule has 6 heteroatoms. The van der Waals surface area contributed by atoms with E-state index < -0.39 is 12.9 Å². The van der Waals surface area contributed by atoms with E-state index in [1.807, 2.05) is 0 Å². The van der Waals surface area contributed by atoms with Crippen LogP contribution in [-0.2, 0) is 11.4 Å². The second kappa shape index (κ2) is 7.59. The molecule has 2 aromatic rings. The van der Waals surface area contributed by atoms with Gasteiger partial charge in [-0.3, -0.25) is 0 Å². The van der Waals surface area contributed by atoms with E-state index in [2.05, 4.69) is 11.4 Å². The minimum absolute atomic E-state index is 0.0969. The van der Waals surface area contributed by atoms with Crippen molar-refractivity contribution in [3.63, 3.8) is 0 Å². The van der Waals surface area contributed by atoms with Crippen molar-refractivity contribution in [2.24, 2.45) is 5.16 Å². The lowest BCUT2D eigenvalue weighted by Crippen LogP contribution is -1.97. The van der Waals surface area contributed by atoms with E-state index in [0.29, 0.717) is 0 Å². The zero-order valence-corrected chi connectivity index (χ0v) is 11.3. The van der Waals surface area contributed by atoms with E-state index in [1.165, 1.54) is 36.4 Å². The molecule has 2 aromatic carbocycles. The molecule has 1 radical (unpaired) electrons. The van der Waals surface area contributed by atoms with E-state index >= 15 is 0 Å². The van der Waals surface area contributed by atoms with E-state index in [0.717, 1.165) is 0 Å². The lowest BCUT2D eigenvalue weighted by Gasteiger charge is -2.07. The first-order chi connectivity index (χ1) is 10.6. The van der Waals surface area contributed by atoms with Gasteiger partial charge in [0, 0.05) is 22.3 Å². The SMILES string of the molecule is FC(F)c1ccccc1/[C]=N\OCc1ccccc1C(F)F. The molecule has 2 nitrogen and oxygen atoms in total. The van der Waals surface area contributed by atoms with Crippen molar-refractivity contribution in [2.45, 2.75) is 19.5 Å². The molecule has 0 aromatic heterocycles. The summed E-state index contributed by atoms with van der Waals surface area (Å²) < 4.78 is 51.0. The molecule has 0 atom stereocenters. The number of hydrogen-bond donors (Lipinski definition) is 0. The van der Waals surface area contributed by atoms with Gasteiger partial charge in [-0.05, 0) is 0 Å². The van der Waals surface area contributed by atoms with Crippen LogP contribution in [0.4, 0.5) is 17.6 Å². The Balaban J connectivity index is 2.03. The second-order valence-corrected chi connectivity index (χ2v) is 4.36. The third-order valence-electron chi connectivity index (χ3n) is 2.94. The van der Waals surface area contributed by atoms with Gasteiger partial charge in [0.2, 0.25) is 0 Å². The molecule has 0 saturated carbocycles. The van der Waals surface area contributed by atoms with Crippen LogP contribution in [0.2, 0.25) is 0 Å². The van der Waals surface area contributed by atoms with Crippen molar-refractivity contribution >= 4 is 6.21 Å². The molecule has 0 bridgehead atoms. The fraction of sp³-hybridized carbons (Fsp3) is 0.188. The van der Waals surface area contributed by atoms with Crippen LogP contribution in [0.5, 0.6) is 0 Å². The number of benzene rings is 2. The molecule has 0 heterocycles. The summed E-state index contributed by atoms with van der Waals surface area (Å²) in [6.07, 6.45) is -2.92. The van der Waals surface area contributed by atoms with Crippen molar-refractivity contribution in [1.82, 2.24) is 0 Å². The zero-order valence-electron chi connectivity index (χ0n) is 11.3. The van der Waals surface area contributed by atoms with Gasteiger partial charge >= 0.3 is 0 Å². The van der Waals surface area contributed by atoms with Gasteiger partial charge in [0.15, 0.2) is 0 Å². The molecular weight excluding hydrogens is 298 g/mol. The van der Waals surface area contributed by atoms with Gasteiger partial charge in [-0.2, -0.15) is 0 Å². The molecule has 2 rings (SSSR count). The van der Waals surface area contributed by atoms with E-state index in [9.17, 15) is 17.6 Å². The third-order valence-corrected chi connectivity index (χ3v) is 2.94. The summed E-state index contributed by atoms with van der Waals surface area (Å²) in [5.41, 5.74) is 0.0124. The number of rotatable bonds is 6. The number of alkyl halides is 4. The first kappa shape index (κ1) is 16.0. The van der Waals surface area contributed by atoms with E-state index in [1.54, 1.807) is 12.1 Å². The van der Waals surface area contributed by atoms with Crippen molar-refractivity contribution in [2.75, 3.05) is 0 Å². The predicted octanol–water partition coefficient (Wildman–Crippen LogP) is 4.99. The Morgan fingerprint density at radius 2 is 1.45 bits per heavy atom. The zero-order chi connectivity index (χ0) is 15.9. The average molecular weight is 310 g/mol. The van der Waals surface area contributed by atoms with Gasteiger partial charge in [0.1, 0.15) is 12.8 Å². The van der Waals surface area contributed by atoms with Crippen molar-refractivity contribution in [1.29, 1.82) is 0 Å². The monoisotopic (exact) mass is 310 g/mol. The lowest BCUT2D eigenvalue weighted by molar-refractivity contribution is 0.119. The van der Waals surface area contributed by atoms with Gasteiger partial charge in [-0.1, -0.05) is 53.7 Å². The Morgan fingerprint density at radius 3 is 2.14 bits per heavy atom. The largest absolute Gasteiger partial charge is 0.390 e. The molecule has 0 unspecified atom stereocenters. The molecule has 22 heavy (non-hydrogen) atoms. The van der Waals surface area contributed by atoms with Crippen LogP contribution in [0.15, 0.2) is 53.7 Å². The fourth-order valence-corrected chi connectivity index (χ4v) is 1.85. The van der Waals surface area contributed by atoms with Crippen molar-refractivity contribution in [3.05, 3.63) is 70.8 Å². The van der Waals surface area contributed by atoms with E-state index in [4.69, 9.17) is 4.84 Å². The summed E-state index contributed by atoms with van der Waals surface area (Å²) in [6.45, 7) is -0.190. The quantitative estimate of drug-likeness (QED) is 0.418. The van der Waals surface area contributed by atoms with Crippen molar-refractivity contribution < 1.29 is 22.4 Å². The maximum Gasteiger partial charge on any atom is 0.264 e. The van der Waals surface area contributed by atoms with Crippen LogP contribution in [0, 0.1) is 0 Å². The number of halogens is 4. The summed E-state index contributed by atoms with van der Waals surface area (Å²) >= 11 is 0. The Bertz CT molecular complexity index is 644. The normalized spacial score (nSPS) is 11.5. The fourth-order valence-electron chi connectivity index (χ4n) is 1.85. The van der Waals surface area contributed by atoms with Crippen LogP contribution in [0.1, 0.15) is 35.1 Å².